The van der Waals surface area contributed by atoms with Crippen LogP contribution in [0.4, 0.5) is 9.93 Å². The molecule has 6 nitrogen and oxygen atoms in total. The van der Waals surface area contributed by atoms with Crippen LogP contribution >= 0.6 is 11.3 Å². The number of urea groups is 1. The fraction of sp³-hybridized carbons (Fsp3) is 0.214. The van der Waals surface area contributed by atoms with E-state index in [-0.39, 0.29) is 6.54 Å². The largest absolute Gasteiger partial charge is 0.481 e. The van der Waals surface area contributed by atoms with Gasteiger partial charge in [-0.2, -0.15) is 0 Å². The topological polar surface area (TPSA) is 91.3 Å². The van der Waals surface area contributed by atoms with Crippen LogP contribution in [0.25, 0.3) is 0 Å². The second-order valence-corrected chi connectivity index (χ2v) is 5.29. The minimum Gasteiger partial charge on any atom is -0.481 e. The molecule has 0 saturated carbocycles. The molecule has 110 valence electrons. The lowest BCUT2D eigenvalue weighted by Crippen LogP contribution is -2.34. The molecule has 2 aromatic rings. The summed E-state index contributed by atoms with van der Waals surface area (Å²) in [6, 6.07) is 8.33. The van der Waals surface area contributed by atoms with Gasteiger partial charge in [0, 0.05) is 11.9 Å². The van der Waals surface area contributed by atoms with Gasteiger partial charge in [0.25, 0.3) is 0 Å². The molecule has 0 aliphatic carbocycles. The molecule has 1 aromatic heterocycles. The summed E-state index contributed by atoms with van der Waals surface area (Å²) in [7, 11) is 0. The Labute approximate surface area is 125 Å². The number of carboxylic acid groups (broad SMARTS) is 1. The number of carbonyl (C=O) groups is 2. The molecule has 1 unspecified atom stereocenters. The molecule has 21 heavy (non-hydrogen) atoms. The van der Waals surface area contributed by atoms with Crippen LogP contribution in [-0.4, -0.2) is 28.6 Å². The lowest BCUT2D eigenvalue weighted by atomic mass is 9.99. The Morgan fingerprint density at radius 1 is 1.33 bits per heavy atom. The molecule has 0 aliphatic rings. The van der Waals surface area contributed by atoms with Gasteiger partial charge in [-0.1, -0.05) is 30.3 Å². The summed E-state index contributed by atoms with van der Waals surface area (Å²) < 4.78 is 0. The molecular weight excluding hydrogens is 290 g/mol. The normalized spacial score (nSPS) is 11.7. The number of aromatic nitrogens is 1. The molecule has 0 fully saturated rings. The first kappa shape index (κ1) is 15.0. The van der Waals surface area contributed by atoms with Crippen LogP contribution in [-0.2, 0) is 4.79 Å². The first-order valence-electron chi connectivity index (χ1n) is 6.31. The number of nitrogens with one attached hydrogen (secondary N) is 2. The number of hydrogen-bond acceptors (Lipinski definition) is 4. The number of thiazole rings is 1. The summed E-state index contributed by atoms with van der Waals surface area (Å²) in [5.41, 5.74) is 1.47. The van der Waals surface area contributed by atoms with E-state index in [0.717, 1.165) is 5.69 Å². The van der Waals surface area contributed by atoms with Crippen molar-refractivity contribution >= 4 is 28.5 Å². The van der Waals surface area contributed by atoms with Gasteiger partial charge in [0.15, 0.2) is 5.13 Å². The molecule has 0 bridgehead atoms. The summed E-state index contributed by atoms with van der Waals surface area (Å²) >= 11 is 1.32. The van der Waals surface area contributed by atoms with Crippen LogP contribution in [0.5, 0.6) is 0 Å². The van der Waals surface area contributed by atoms with E-state index in [2.05, 4.69) is 15.6 Å². The van der Waals surface area contributed by atoms with Crippen molar-refractivity contribution < 1.29 is 14.7 Å². The van der Waals surface area contributed by atoms with E-state index in [0.29, 0.717) is 10.7 Å². The van der Waals surface area contributed by atoms with Gasteiger partial charge >= 0.3 is 12.0 Å². The SMILES string of the molecule is Cc1csc(NC(=O)NCC(C(=O)O)c2ccccc2)n1. The van der Waals surface area contributed by atoms with Gasteiger partial charge in [-0.3, -0.25) is 10.1 Å². The number of hydrogen-bond donors (Lipinski definition) is 3. The van der Waals surface area contributed by atoms with Crippen molar-refractivity contribution in [2.24, 2.45) is 0 Å². The Kier molecular flexibility index (Phi) is 4.89. The van der Waals surface area contributed by atoms with E-state index in [1.165, 1.54) is 11.3 Å². The van der Waals surface area contributed by atoms with E-state index in [4.69, 9.17) is 0 Å². The van der Waals surface area contributed by atoms with Crippen LogP contribution in [0.1, 0.15) is 17.2 Å². The zero-order valence-electron chi connectivity index (χ0n) is 11.4. The molecule has 1 aromatic carbocycles. The highest BCUT2D eigenvalue weighted by Crippen LogP contribution is 2.16. The zero-order valence-corrected chi connectivity index (χ0v) is 12.2. The predicted octanol–water partition coefficient (Wildman–Crippen LogP) is 2.44. The molecule has 0 spiro atoms. The number of benzene rings is 1. The highest BCUT2D eigenvalue weighted by Gasteiger charge is 2.20. The fourth-order valence-corrected chi connectivity index (χ4v) is 2.46. The molecule has 2 rings (SSSR count). The van der Waals surface area contributed by atoms with Crippen molar-refractivity contribution in [2.75, 3.05) is 11.9 Å². The van der Waals surface area contributed by atoms with Crippen molar-refractivity contribution in [3.05, 3.63) is 47.0 Å². The van der Waals surface area contributed by atoms with Crippen molar-refractivity contribution in [2.45, 2.75) is 12.8 Å². The Hall–Kier alpha value is -2.41. The van der Waals surface area contributed by atoms with Crippen molar-refractivity contribution in [1.29, 1.82) is 0 Å². The summed E-state index contributed by atoms with van der Waals surface area (Å²) in [6.45, 7) is 1.84. The maximum Gasteiger partial charge on any atom is 0.321 e. The second-order valence-electron chi connectivity index (χ2n) is 4.43. The van der Waals surface area contributed by atoms with Crippen molar-refractivity contribution in [3.63, 3.8) is 0 Å². The van der Waals surface area contributed by atoms with Gasteiger partial charge < -0.3 is 10.4 Å². The van der Waals surface area contributed by atoms with Crippen LogP contribution < -0.4 is 10.6 Å². The summed E-state index contributed by atoms with van der Waals surface area (Å²) in [5, 5.41) is 16.7. The predicted molar refractivity (Wildman–Crippen MR) is 80.7 cm³/mol. The Bertz CT molecular complexity index is 627. The molecule has 1 heterocycles. The number of nitrogens with zero attached hydrogens (tertiary/aromatic N) is 1. The van der Waals surface area contributed by atoms with E-state index >= 15 is 0 Å². The maximum atomic E-state index is 11.7. The number of anilines is 1. The molecule has 0 radical (unpaired) electrons. The second kappa shape index (κ2) is 6.85. The Morgan fingerprint density at radius 3 is 2.62 bits per heavy atom. The summed E-state index contributed by atoms with van der Waals surface area (Å²) in [5.74, 6) is -1.76. The van der Waals surface area contributed by atoms with Gasteiger partial charge in [-0.05, 0) is 12.5 Å². The first-order valence-corrected chi connectivity index (χ1v) is 7.19. The average molecular weight is 305 g/mol. The molecule has 3 N–H and O–H groups in total. The van der Waals surface area contributed by atoms with Gasteiger partial charge in [-0.15, -0.1) is 11.3 Å². The number of carboxylic acids is 1. The van der Waals surface area contributed by atoms with Gasteiger partial charge in [0.05, 0.1) is 11.6 Å². The van der Waals surface area contributed by atoms with Crippen molar-refractivity contribution in [1.82, 2.24) is 10.3 Å². The fourth-order valence-electron chi connectivity index (χ4n) is 1.78. The maximum absolute atomic E-state index is 11.7. The molecule has 7 heteroatoms. The highest BCUT2D eigenvalue weighted by atomic mass is 32.1. The number of carbonyl (C=O) groups excluding carboxylic acids is 1. The third-order valence-corrected chi connectivity index (χ3v) is 3.68. The van der Waals surface area contributed by atoms with Gasteiger partial charge in [-0.25, -0.2) is 9.78 Å². The van der Waals surface area contributed by atoms with Crippen molar-refractivity contribution in [3.8, 4) is 0 Å². The lowest BCUT2D eigenvalue weighted by molar-refractivity contribution is -0.138. The Morgan fingerprint density at radius 2 is 2.05 bits per heavy atom. The molecule has 2 amide bonds. The minimum atomic E-state index is -0.980. The standard InChI is InChI=1S/C14H15N3O3S/c1-9-8-21-14(16-9)17-13(20)15-7-11(12(18)19)10-5-3-2-4-6-10/h2-6,8,11H,7H2,1H3,(H,18,19)(H2,15,16,17,20). The molecular formula is C14H15N3O3S. The lowest BCUT2D eigenvalue weighted by Gasteiger charge is -2.13. The number of amides is 2. The number of rotatable bonds is 5. The van der Waals surface area contributed by atoms with Crippen LogP contribution in [0.15, 0.2) is 35.7 Å². The smallest absolute Gasteiger partial charge is 0.321 e. The Balaban J connectivity index is 1.93. The zero-order chi connectivity index (χ0) is 15.2. The monoisotopic (exact) mass is 305 g/mol. The van der Waals surface area contributed by atoms with E-state index in [9.17, 15) is 14.7 Å². The molecule has 0 aliphatic heterocycles. The third kappa shape index (κ3) is 4.28. The summed E-state index contributed by atoms with van der Waals surface area (Å²) in [4.78, 5) is 27.1. The number of aliphatic carboxylic acids is 1. The van der Waals surface area contributed by atoms with E-state index < -0.39 is 17.9 Å². The van der Waals surface area contributed by atoms with E-state index in [1.807, 2.05) is 18.4 Å². The molecule has 1 atom stereocenters. The molecule has 0 saturated heterocycles. The first-order chi connectivity index (χ1) is 10.1. The third-order valence-electron chi connectivity index (χ3n) is 2.81. The van der Waals surface area contributed by atoms with E-state index in [1.54, 1.807) is 24.3 Å². The quantitative estimate of drug-likeness (QED) is 0.791. The van der Waals surface area contributed by atoms with Gasteiger partial charge in [0.1, 0.15) is 0 Å². The van der Waals surface area contributed by atoms with Crippen LogP contribution in [0.3, 0.4) is 0 Å². The van der Waals surface area contributed by atoms with Crippen LogP contribution in [0.2, 0.25) is 0 Å². The number of aryl methyl sites for hydroxylation is 1. The van der Waals surface area contributed by atoms with Crippen LogP contribution in [0, 0.1) is 6.92 Å². The summed E-state index contributed by atoms with van der Waals surface area (Å²) in [6.07, 6.45) is 0. The average Bonchev–Trinajstić information content (AvgIpc) is 2.85. The van der Waals surface area contributed by atoms with Gasteiger partial charge in [0.2, 0.25) is 0 Å². The minimum absolute atomic E-state index is 0.00946. The highest BCUT2D eigenvalue weighted by molar-refractivity contribution is 7.13.